The number of halogens is 1. The summed E-state index contributed by atoms with van der Waals surface area (Å²) in [5.74, 6) is 0.373. The van der Waals surface area contributed by atoms with E-state index in [1.165, 1.54) is 6.33 Å². The first kappa shape index (κ1) is 20.9. The molecule has 0 spiro atoms. The van der Waals surface area contributed by atoms with Crippen LogP contribution in [0.3, 0.4) is 0 Å². The minimum atomic E-state index is -0.149. The van der Waals surface area contributed by atoms with Crippen molar-refractivity contribution in [3.05, 3.63) is 105 Å². The minimum Gasteiger partial charge on any atom is -0.340 e. The van der Waals surface area contributed by atoms with Crippen molar-refractivity contribution in [3.8, 4) is 11.1 Å². The smallest absolute Gasteiger partial charge is 0.194 e. The Kier molecular flexibility index (Phi) is 4.90. The van der Waals surface area contributed by atoms with Crippen LogP contribution in [0.5, 0.6) is 0 Å². The summed E-state index contributed by atoms with van der Waals surface area (Å²) in [6, 6.07) is 20.4. The van der Waals surface area contributed by atoms with Crippen molar-refractivity contribution in [2.45, 2.75) is 6.92 Å². The molecule has 0 aliphatic heterocycles. The van der Waals surface area contributed by atoms with Gasteiger partial charge in [-0.25, -0.2) is 9.97 Å². The van der Waals surface area contributed by atoms with E-state index in [2.05, 4.69) is 50.3 Å². The Labute approximate surface area is 207 Å². The molecule has 0 radical (unpaired) electrons. The lowest BCUT2D eigenvalue weighted by molar-refractivity contribution is 0.0979. The van der Waals surface area contributed by atoms with E-state index in [0.29, 0.717) is 33.8 Å². The maximum absolute atomic E-state index is 13.1. The van der Waals surface area contributed by atoms with E-state index in [4.69, 9.17) is 0 Å². The summed E-state index contributed by atoms with van der Waals surface area (Å²) in [7, 11) is 0. The van der Waals surface area contributed by atoms with Gasteiger partial charge >= 0.3 is 0 Å². The molecule has 2 aromatic heterocycles. The summed E-state index contributed by atoms with van der Waals surface area (Å²) in [5.41, 5.74) is 4.54. The lowest BCUT2D eigenvalue weighted by Gasteiger charge is -2.18. The van der Waals surface area contributed by atoms with Crippen molar-refractivity contribution < 1.29 is 9.59 Å². The highest BCUT2D eigenvalue weighted by Crippen LogP contribution is 2.41. The third-order valence-electron chi connectivity index (χ3n) is 5.99. The third kappa shape index (κ3) is 3.28. The molecule has 1 N–H and O–H groups in total. The van der Waals surface area contributed by atoms with Gasteiger partial charge in [-0.1, -0.05) is 52.3 Å². The highest BCUT2D eigenvalue weighted by atomic mass is 79.9. The van der Waals surface area contributed by atoms with Gasteiger partial charge in [0, 0.05) is 42.9 Å². The van der Waals surface area contributed by atoms with E-state index >= 15 is 0 Å². The second-order valence-electron chi connectivity index (χ2n) is 8.03. The van der Waals surface area contributed by atoms with Crippen molar-refractivity contribution in [1.82, 2.24) is 9.97 Å². The highest BCUT2D eigenvalue weighted by molar-refractivity contribution is 9.10. The molecule has 0 atom stereocenters. The first-order valence-electron chi connectivity index (χ1n) is 10.6. The van der Waals surface area contributed by atoms with Gasteiger partial charge in [0.05, 0.1) is 5.39 Å². The summed E-state index contributed by atoms with van der Waals surface area (Å²) in [6.45, 7) is 2.08. The number of nitrogens with zero attached hydrogens (tertiary/aromatic N) is 2. The van der Waals surface area contributed by atoms with Gasteiger partial charge in [-0.3, -0.25) is 9.59 Å². The number of anilines is 2. The molecule has 6 rings (SSSR count). The fourth-order valence-corrected chi connectivity index (χ4v) is 5.69. The number of nitrogens with one attached hydrogen (secondary N) is 1. The van der Waals surface area contributed by atoms with Gasteiger partial charge in [0.1, 0.15) is 17.0 Å². The Morgan fingerprint density at radius 3 is 2.24 bits per heavy atom. The van der Waals surface area contributed by atoms with E-state index in [0.717, 1.165) is 30.7 Å². The number of hydrogen-bond donors (Lipinski definition) is 1. The standard InChI is InChI=1S/C27H16BrN3O2S/c1-14-22(15-6-8-16(28)9-7-15)23-26(29-13-30-27(23)34-14)31-17-10-11-20-21(12-17)25(33)19-5-3-2-4-18(19)24(20)32/h2-13H,1H3,(H,29,30,31). The first-order chi connectivity index (χ1) is 16.5. The average molecular weight is 526 g/mol. The Morgan fingerprint density at radius 1 is 0.824 bits per heavy atom. The van der Waals surface area contributed by atoms with Gasteiger partial charge in [0.15, 0.2) is 11.6 Å². The predicted molar refractivity (Wildman–Crippen MR) is 138 cm³/mol. The number of hydrogen-bond acceptors (Lipinski definition) is 6. The Hall–Kier alpha value is -3.68. The van der Waals surface area contributed by atoms with E-state index in [1.54, 1.807) is 47.7 Å². The van der Waals surface area contributed by atoms with Crippen molar-refractivity contribution in [2.24, 2.45) is 0 Å². The van der Waals surface area contributed by atoms with Crippen LogP contribution in [0.4, 0.5) is 11.5 Å². The molecule has 5 nitrogen and oxygen atoms in total. The van der Waals surface area contributed by atoms with Crippen molar-refractivity contribution in [1.29, 1.82) is 0 Å². The molecule has 3 aromatic carbocycles. The molecule has 0 bridgehead atoms. The van der Waals surface area contributed by atoms with E-state index in [-0.39, 0.29) is 11.6 Å². The second kappa shape index (κ2) is 7.97. The molecule has 1 aliphatic rings. The molecule has 34 heavy (non-hydrogen) atoms. The number of thiophene rings is 1. The molecule has 1 aliphatic carbocycles. The molecule has 2 heterocycles. The van der Waals surface area contributed by atoms with Crippen LogP contribution in [0.2, 0.25) is 0 Å². The predicted octanol–water partition coefficient (Wildman–Crippen LogP) is 6.95. The van der Waals surface area contributed by atoms with Crippen molar-refractivity contribution in [2.75, 3.05) is 5.32 Å². The molecular formula is C27H16BrN3O2S. The summed E-state index contributed by atoms with van der Waals surface area (Å²) in [5, 5.41) is 4.30. The van der Waals surface area contributed by atoms with Crippen LogP contribution in [0.15, 0.2) is 77.5 Å². The average Bonchev–Trinajstić information content (AvgIpc) is 3.20. The second-order valence-corrected chi connectivity index (χ2v) is 10.2. The number of carbonyl (C=O) groups excluding carboxylic acids is 2. The summed E-state index contributed by atoms with van der Waals surface area (Å²) in [4.78, 5) is 37.1. The fraction of sp³-hybridized carbons (Fsp3) is 0.0370. The lowest BCUT2D eigenvalue weighted by Crippen LogP contribution is -2.20. The first-order valence-corrected chi connectivity index (χ1v) is 12.2. The molecule has 5 aromatic rings. The molecule has 0 fully saturated rings. The van der Waals surface area contributed by atoms with E-state index in [1.807, 2.05) is 18.2 Å². The van der Waals surface area contributed by atoms with E-state index < -0.39 is 0 Å². The molecule has 0 unspecified atom stereocenters. The van der Waals surface area contributed by atoms with Gasteiger partial charge < -0.3 is 5.32 Å². The normalized spacial score (nSPS) is 12.5. The fourth-order valence-electron chi connectivity index (χ4n) is 4.42. The Bertz CT molecular complexity index is 1640. The van der Waals surface area contributed by atoms with Gasteiger partial charge in [0.25, 0.3) is 0 Å². The zero-order chi connectivity index (χ0) is 23.4. The van der Waals surface area contributed by atoms with Gasteiger partial charge in [-0.05, 0) is 42.8 Å². The van der Waals surface area contributed by atoms with Crippen LogP contribution in [0.25, 0.3) is 21.3 Å². The number of fused-ring (bicyclic) bond motifs is 3. The minimum absolute atomic E-state index is 0.132. The monoisotopic (exact) mass is 525 g/mol. The van der Waals surface area contributed by atoms with Crippen molar-refractivity contribution >= 4 is 60.6 Å². The van der Waals surface area contributed by atoms with Crippen LogP contribution in [0, 0.1) is 6.92 Å². The molecular weight excluding hydrogens is 510 g/mol. The number of benzene rings is 3. The maximum Gasteiger partial charge on any atom is 0.194 e. The van der Waals surface area contributed by atoms with Crippen molar-refractivity contribution in [3.63, 3.8) is 0 Å². The van der Waals surface area contributed by atoms with Gasteiger partial charge in [-0.15, -0.1) is 11.3 Å². The zero-order valence-electron chi connectivity index (χ0n) is 17.9. The summed E-state index contributed by atoms with van der Waals surface area (Å²) < 4.78 is 1.01. The van der Waals surface area contributed by atoms with Crippen LogP contribution in [-0.2, 0) is 0 Å². The Balaban J connectivity index is 1.45. The zero-order valence-corrected chi connectivity index (χ0v) is 20.3. The topological polar surface area (TPSA) is 72.0 Å². The molecule has 0 amide bonds. The number of rotatable bonds is 3. The quantitative estimate of drug-likeness (QED) is 0.270. The molecule has 0 saturated heterocycles. The molecule has 7 heteroatoms. The highest BCUT2D eigenvalue weighted by Gasteiger charge is 2.29. The summed E-state index contributed by atoms with van der Waals surface area (Å²) in [6.07, 6.45) is 1.54. The van der Waals surface area contributed by atoms with Crippen LogP contribution >= 0.6 is 27.3 Å². The number of aryl methyl sites for hydroxylation is 1. The lowest BCUT2D eigenvalue weighted by atomic mass is 9.84. The number of aromatic nitrogens is 2. The van der Waals surface area contributed by atoms with Crippen LogP contribution in [0.1, 0.15) is 36.7 Å². The van der Waals surface area contributed by atoms with Gasteiger partial charge in [-0.2, -0.15) is 0 Å². The number of ketones is 2. The molecule has 164 valence electrons. The summed E-state index contributed by atoms with van der Waals surface area (Å²) >= 11 is 5.12. The third-order valence-corrected chi connectivity index (χ3v) is 7.53. The van der Waals surface area contributed by atoms with Gasteiger partial charge in [0.2, 0.25) is 0 Å². The SMILES string of the molecule is Cc1sc2ncnc(Nc3ccc4c(c3)C(=O)c3ccccc3C4=O)c2c1-c1ccc(Br)cc1. The van der Waals surface area contributed by atoms with Crippen LogP contribution in [-0.4, -0.2) is 21.5 Å². The molecule has 0 saturated carbocycles. The van der Waals surface area contributed by atoms with E-state index in [9.17, 15) is 9.59 Å². The van der Waals surface area contributed by atoms with Crippen LogP contribution < -0.4 is 5.32 Å². The maximum atomic E-state index is 13.1. The number of carbonyl (C=O) groups is 2. The Morgan fingerprint density at radius 2 is 1.50 bits per heavy atom. The largest absolute Gasteiger partial charge is 0.340 e.